The van der Waals surface area contributed by atoms with Gasteiger partial charge in [-0.05, 0) is 6.42 Å². The van der Waals surface area contributed by atoms with Crippen LogP contribution in [-0.2, 0) is 4.79 Å². The minimum absolute atomic E-state index is 0.415. The first-order valence-electron chi connectivity index (χ1n) is 3.17. The average molecular weight is 158 g/mol. The molecule has 0 atom stereocenters. The van der Waals surface area contributed by atoms with Crippen molar-refractivity contribution in [1.82, 2.24) is 4.90 Å². The number of carbonyl (C=O) groups excluding carboxylic acids is 2. The summed E-state index contributed by atoms with van der Waals surface area (Å²) in [7, 11) is 1.55. The molecule has 0 saturated carbocycles. The fourth-order valence-electron chi connectivity index (χ4n) is 0.511. The van der Waals surface area contributed by atoms with Crippen molar-refractivity contribution in [3.63, 3.8) is 0 Å². The number of amides is 3. The molecule has 0 unspecified atom stereocenters. The van der Waals surface area contributed by atoms with Gasteiger partial charge in [-0.2, -0.15) is 0 Å². The zero-order valence-electron chi connectivity index (χ0n) is 6.41. The number of rotatable bonds is 4. The van der Waals surface area contributed by atoms with Gasteiger partial charge in [0.2, 0.25) is 5.91 Å². The molecule has 1 radical (unpaired) electrons. The second-order valence-corrected chi connectivity index (χ2v) is 2.15. The quantitative estimate of drug-likeness (QED) is 0.553. The maximum Gasteiger partial charge on any atom is 0.314 e. The number of hydrogen-bond acceptors (Lipinski definition) is 2. The highest BCUT2D eigenvalue weighted by molar-refractivity contribution is 5.82. The van der Waals surface area contributed by atoms with Crippen LogP contribution in [0.4, 0.5) is 4.79 Å². The Labute approximate surface area is 65.3 Å². The van der Waals surface area contributed by atoms with E-state index in [-0.39, 0.29) is 0 Å². The summed E-state index contributed by atoms with van der Waals surface area (Å²) < 4.78 is 0. The molecule has 3 amide bonds. The zero-order valence-corrected chi connectivity index (χ0v) is 6.41. The highest BCUT2D eigenvalue weighted by Gasteiger charge is 2.02. The van der Waals surface area contributed by atoms with E-state index in [1.807, 2.05) is 0 Å². The van der Waals surface area contributed by atoms with Crippen molar-refractivity contribution in [3.8, 4) is 0 Å². The molecule has 0 aromatic carbocycles. The Hall–Kier alpha value is -1.26. The lowest BCUT2D eigenvalue weighted by molar-refractivity contribution is -0.115. The van der Waals surface area contributed by atoms with Crippen LogP contribution in [0.3, 0.4) is 0 Å². The average Bonchev–Trinajstić information content (AvgIpc) is 1.86. The molecule has 0 fully saturated rings. The van der Waals surface area contributed by atoms with E-state index in [9.17, 15) is 9.59 Å². The number of nitrogens with two attached hydrogens (primary N) is 2. The fraction of sp³-hybridized carbons (Fsp3) is 0.500. The van der Waals surface area contributed by atoms with Gasteiger partial charge >= 0.3 is 6.03 Å². The third kappa shape index (κ3) is 5.20. The fourth-order valence-corrected chi connectivity index (χ4v) is 0.511. The van der Waals surface area contributed by atoms with Crippen molar-refractivity contribution in [2.45, 2.75) is 6.42 Å². The van der Waals surface area contributed by atoms with Crippen molar-refractivity contribution in [2.75, 3.05) is 13.6 Å². The van der Waals surface area contributed by atoms with Crippen LogP contribution in [0.1, 0.15) is 6.42 Å². The van der Waals surface area contributed by atoms with Crippen molar-refractivity contribution in [2.24, 2.45) is 11.5 Å². The third-order valence-electron chi connectivity index (χ3n) is 1.19. The molecule has 5 heteroatoms. The first-order chi connectivity index (χ1) is 5.04. The molecule has 4 N–H and O–H groups in total. The van der Waals surface area contributed by atoms with E-state index in [2.05, 4.69) is 0 Å². The predicted molar refractivity (Wildman–Crippen MR) is 40.3 cm³/mol. The Kier molecular flexibility index (Phi) is 4.02. The van der Waals surface area contributed by atoms with Gasteiger partial charge in [-0.1, -0.05) is 0 Å². The van der Waals surface area contributed by atoms with Gasteiger partial charge in [-0.15, -0.1) is 0 Å². The molecule has 0 aliphatic rings. The van der Waals surface area contributed by atoms with E-state index in [1.54, 1.807) is 7.05 Å². The molecule has 0 rings (SSSR count). The molecule has 11 heavy (non-hydrogen) atoms. The lowest BCUT2D eigenvalue weighted by atomic mass is 10.3. The smallest absolute Gasteiger partial charge is 0.314 e. The maximum atomic E-state index is 10.4. The molecule has 0 heterocycles. The Balaban J connectivity index is 3.39. The van der Waals surface area contributed by atoms with E-state index < -0.39 is 11.9 Å². The lowest BCUT2D eigenvalue weighted by Crippen LogP contribution is -2.33. The minimum Gasteiger partial charge on any atom is -0.369 e. The summed E-state index contributed by atoms with van der Waals surface area (Å²) in [5, 5.41) is 0. The topological polar surface area (TPSA) is 89.4 Å². The Morgan fingerprint density at radius 3 is 2.36 bits per heavy atom. The van der Waals surface area contributed by atoms with Crippen LogP contribution >= 0.6 is 0 Å². The molecule has 0 aliphatic carbocycles. The van der Waals surface area contributed by atoms with Crippen molar-refractivity contribution in [1.29, 1.82) is 0 Å². The van der Waals surface area contributed by atoms with Crippen LogP contribution in [-0.4, -0.2) is 30.4 Å². The predicted octanol–water partition coefficient (Wildman–Crippen LogP) is -0.923. The highest BCUT2D eigenvalue weighted by atomic mass is 16.2. The van der Waals surface area contributed by atoms with Gasteiger partial charge in [0.1, 0.15) is 0 Å². The van der Waals surface area contributed by atoms with E-state index in [0.717, 1.165) is 0 Å². The largest absolute Gasteiger partial charge is 0.369 e. The van der Waals surface area contributed by atoms with Crippen LogP contribution in [0.25, 0.3) is 0 Å². The van der Waals surface area contributed by atoms with Gasteiger partial charge in [0.25, 0.3) is 0 Å². The molecule has 0 aliphatic heterocycles. The molecule has 0 aromatic rings. The van der Waals surface area contributed by atoms with E-state index in [1.165, 1.54) is 11.3 Å². The van der Waals surface area contributed by atoms with Crippen LogP contribution in [0.2, 0.25) is 0 Å². The molecule has 5 nitrogen and oxygen atoms in total. The van der Waals surface area contributed by atoms with Crippen LogP contribution < -0.4 is 11.5 Å². The summed E-state index contributed by atoms with van der Waals surface area (Å²) >= 11 is 0. The summed E-state index contributed by atoms with van der Waals surface area (Å²) in [6.07, 6.45) is 1.74. The van der Waals surface area contributed by atoms with E-state index in [0.29, 0.717) is 13.0 Å². The molecular weight excluding hydrogens is 146 g/mol. The second-order valence-electron chi connectivity index (χ2n) is 2.15. The SMILES string of the molecule is CN(CC[CH]C(N)=O)C(N)=O. The van der Waals surface area contributed by atoms with E-state index in [4.69, 9.17) is 11.5 Å². The summed E-state index contributed by atoms with van der Waals surface area (Å²) in [4.78, 5) is 21.9. The second kappa shape index (κ2) is 4.54. The molecule has 0 spiro atoms. The van der Waals surface area contributed by atoms with Crippen LogP contribution in [0.5, 0.6) is 0 Å². The third-order valence-corrected chi connectivity index (χ3v) is 1.19. The van der Waals surface area contributed by atoms with Gasteiger partial charge in [0, 0.05) is 13.6 Å². The van der Waals surface area contributed by atoms with Gasteiger partial charge < -0.3 is 16.4 Å². The Morgan fingerprint density at radius 2 is 2.00 bits per heavy atom. The highest BCUT2D eigenvalue weighted by Crippen LogP contribution is 1.89. The first-order valence-corrected chi connectivity index (χ1v) is 3.17. The summed E-state index contributed by atoms with van der Waals surface area (Å²) in [5.74, 6) is -0.483. The van der Waals surface area contributed by atoms with Crippen molar-refractivity contribution in [3.05, 3.63) is 6.42 Å². The Morgan fingerprint density at radius 1 is 1.45 bits per heavy atom. The van der Waals surface area contributed by atoms with E-state index >= 15 is 0 Å². The van der Waals surface area contributed by atoms with Gasteiger partial charge in [-0.25, -0.2) is 4.79 Å². The summed E-state index contributed by atoms with van der Waals surface area (Å²) in [6.45, 7) is 0.415. The monoisotopic (exact) mass is 158 g/mol. The summed E-state index contributed by atoms with van der Waals surface area (Å²) in [5.41, 5.74) is 9.74. The standard InChI is InChI=1S/C6H12N3O2/c1-9(6(8)11)4-2-3-5(7)10/h3H,2,4H2,1H3,(H2,7,10)(H2,8,11). The molecular formula is C6H12N3O2. The molecule has 0 saturated heterocycles. The first kappa shape index (κ1) is 9.74. The Bertz CT molecular complexity index is 158. The van der Waals surface area contributed by atoms with Gasteiger partial charge in [0.15, 0.2) is 0 Å². The number of hydrogen-bond donors (Lipinski definition) is 2. The number of carbonyl (C=O) groups is 2. The van der Waals surface area contributed by atoms with Gasteiger partial charge in [-0.3, -0.25) is 4.79 Å². The normalized spacial score (nSPS) is 9.18. The maximum absolute atomic E-state index is 10.4. The molecule has 0 bridgehead atoms. The minimum atomic E-state index is -0.511. The van der Waals surface area contributed by atoms with Crippen LogP contribution in [0.15, 0.2) is 0 Å². The number of nitrogens with zero attached hydrogens (tertiary/aromatic N) is 1. The molecule has 63 valence electrons. The summed E-state index contributed by atoms with van der Waals surface area (Å²) in [6, 6.07) is -0.511. The lowest BCUT2D eigenvalue weighted by Gasteiger charge is -2.12. The number of primary amides is 2. The van der Waals surface area contributed by atoms with Crippen LogP contribution in [0, 0.1) is 6.42 Å². The van der Waals surface area contributed by atoms with Gasteiger partial charge in [0.05, 0.1) is 6.42 Å². The van der Waals surface area contributed by atoms with Crippen molar-refractivity contribution < 1.29 is 9.59 Å². The van der Waals surface area contributed by atoms with Crippen molar-refractivity contribution >= 4 is 11.9 Å². The molecule has 0 aromatic heterocycles. The number of urea groups is 1. The zero-order chi connectivity index (χ0) is 8.85.